The van der Waals surface area contributed by atoms with Crippen LogP contribution in [0.15, 0.2) is 47.3 Å². The van der Waals surface area contributed by atoms with E-state index in [1.165, 1.54) is 11.3 Å². The first-order valence-electron chi connectivity index (χ1n) is 6.63. The van der Waals surface area contributed by atoms with Crippen molar-refractivity contribution in [2.45, 2.75) is 0 Å². The Hall–Kier alpha value is -2.59. The monoisotopic (exact) mass is 288 g/mol. The van der Waals surface area contributed by atoms with E-state index in [1.807, 2.05) is 47.3 Å². The highest BCUT2D eigenvalue weighted by molar-refractivity contribution is 7.08. The predicted octanol–water partition coefficient (Wildman–Crippen LogP) is 4.06. The van der Waals surface area contributed by atoms with Crippen LogP contribution in [-0.2, 0) is 0 Å². The molecule has 1 aliphatic carbocycles. The number of hydrogen-bond donors (Lipinski definition) is 0. The molecule has 3 heterocycles. The second-order valence-corrected chi connectivity index (χ2v) is 5.83. The van der Waals surface area contributed by atoms with E-state index in [4.69, 9.17) is 0 Å². The van der Waals surface area contributed by atoms with Gasteiger partial charge in [-0.05, 0) is 17.5 Å². The van der Waals surface area contributed by atoms with Crippen LogP contribution in [0.3, 0.4) is 0 Å². The zero-order valence-corrected chi connectivity index (χ0v) is 11.6. The smallest absolute Gasteiger partial charge is 0.213 e. The minimum Gasteiger partial charge on any atom is -0.287 e. The molecule has 4 heteroatoms. The standard InChI is InChI=1S/C17H8N2OS/c20-17-12-8-21-7-11(12)15-14-10(5-6-18-15)9-3-1-2-4-13(9)19-16(14)17/h1-8H. The fourth-order valence-electron chi connectivity index (χ4n) is 3.05. The van der Waals surface area contributed by atoms with Gasteiger partial charge in [-0.25, -0.2) is 4.98 Å². The Labute approximate surface area is 123 Å². The normalized spacial score (nSPS) is 12.9. The lowest BCUT2D eigenvalue weighted by Crippen LogP contribution is -2.11. The molecule has 0 unspecified atom stereocenters. The third-order valence-corrected chi connectivity index (χ3v) is 4.73. The SMILES string of the molecule is O=C1c2cscc2-c2nccc3c2c1nc1ccccc13. The van der Waals surface area contributed by atoms with Gasteiger partial charge in [0.15, 0.2) is 0 Å². The lowest BCUT2D eigenvalue weighted by Gasteiger charge is -2.16. The lowest BCUT2D eigenvalue weighted by atomic mass is 9.90. The van der Waals surface area contributed by atoms with Gasteiger partial charge in [-0.3, -0.25) is 9.78 Å². The van der Waals surface area contributed by atoms with E-state index < -0.39 is 0 Å². The quantitative estimate of drug-likeness (QED) is 0.404. The van der Waals surface area contributed by atoms with Crippen LogP contribution in [-0.4, -0.2) is 15.8 Å². The van der Waals surface area contributed by atoms with Gasteiger partial charge >= 0.3 is 0 Å². The Kier molecular flexibility index (Phi) is 1.98. The fourth-order valence-corrected chi connectivity index (χ4v) is 3.87. The van der Waals surface area contributed by atoms with Gasteiger partial charge in [0, 0.05) is 38.9 Å². The molecule has 0 aliphatic heterocycles. The summed E-state index contributed by atoms with van der Waals surface area (Å²) >= 11 is 1.53. The van der Waals surface area contributed by atoms with Gasteiger partial charge in [0.25, 0.3) is 0 Å². The molecule has 3 aromatic heterocycles. The van der Waals surface area contributed by atoms with Gasteiger partial charge in [0.1, 0.15) is 5.69 Å². The molecular formula is C17H8N2OS. The van der Waals surface area contributed by atoms with E-state index in [2.05, 4.69) is 9.97 Å². The Morgan fingerprint density at radius 2 is 1.76 bits per heavy atom. The van der Waals surface area contributed by atoms with Gasteiger partial charge in [-0.15, -0.1) is 0 Å². The highest BCUT2D eigenvalue weighted by atomic mass is 32.1. The molecule has 0 radical (unpaired) electrons. The Balaban J connectivity index is 2.11. The minimum atomic E-state index is 0.00232. The number of fused-ring (bicyclic) bond motifs is 4. The van der Waals surface area contributed by atoms with Crippen LogP contribution in [0.4, 0.5) is 0 Å². The number of pyridine rings is 2. The van der Waals surface area contributed by atoms with Crippen molar-refractivity contribution < 1.29 is 4.79 Å². The van der Waals surface area contributed by atoms with Gasteiger partial charge in [0.05, 0.1) is 11.2 Å². The second-order valence-electron chi connectivity index (χ2n) is 5.09. The van der Waals surface area contributed by atoms with Crippen LogP contribution in [0.25, 0.3) is 32.9 Å². The molecule has 1 aliphatic rings. The van der Waals surface area contributed by atoms with Crippen LogP contribution in [0.1, 0.15) is 16.1 Å². The highest BCUT2D eigenvalue weighted by Crippen LogP contribution is 2.40. The molecule has 1 aromatic carbocycles. The number of carbonyl (C=O) groups is 1. The van der Waals surface area contributed by atoms with Crippen LogP contribution in [0.2, 0.25) is 0 Å². The summed E-state index contributed by atoms with van der Waals surface area (Å²) in [7, 11) is 0. The molecule has 0 saturated heterocycles. The van der Waals surface area contributed by atoms with Crippen molar-refractivity contribution in [1.29, 1.82) is 0 Å². The molecule has 0 atom stereocenters. The topological polar surface area (TPSA) is 42.9 Å². The molecule has 0 fully saturated rings. The number of benzene rings is 1. The molecule has 0 N–H and O–H groups in total. The van der Waals surface area contributed by atoms with Crippen molar-refractivity contribution >= 4 is 38.8 Å². The first-order chi connectivity index (χ1) is 10.3. The van der Waals surface area contributed by atoms with Crippen LogP contribution in [0.5, 0.6) is 0 Å². The van der Waals surface area contributed by atoms with Crippen LogP contribution >= 0.6 is 11.3 Å². The number of nitrogens with zero attached hydrogens (tertiary/aromatic N) is 2. The number of hydrogen-bond acceptors (Lipinski definition) is 4. The summed E-state index contributed by atoms with van der Waals surface area (Å²) < 4.78 is 0. The summed E-state index contributed by atoms with van der Waals surface area (Å²) in [6, 6.07) is 9.89. The second kappa shape index (κ2) is 3.74. The summed E-state index contributed by atoms with van der Waals surface area (Å²) in [4.78, 5) is 21.8. The van der Waals surface area contributed by atoms with E-state index >= 15 is 0 Å². The van der Waals surface area contributed by atoms with E-state index in [9.17, 15) is 4.79 Å². The zero-order valence-electron chi connectivity index (χ0n) is 10.8. The van der Waals surface area contributed by atoms with Crippen LogP contribution < -0.4 is 0 Å². The van der Waals surface area contributed by atoms with Crippen molar-refractivity contribution in [2.24, 2.45) is 0 Å². The molecular weight excluding hydrogens is 280 g/mol. The Morgan fingerprint density at radius 3 is 2.71 bits per heavy atom. The number of rotatable bonds is 0. The largest absolute Gasteiger partial charge is 0.287 e. The molecule has 98 valence electrons. The molecule has 0 amide bonds. The Morgan fingerprint density at radius 1 is 0.905 bits per heavy atom. The van der Waals surface area contributed by atoms with E-state index in [-0.39, 0.29) is 5.78 Å². The molecule has 0 spiro atoms. The van der Waals surface area contributed by atoms with Gasteiger partial charge in [0.2, 0.25) is 5.78 Å². The molecule has 3 nitrogen and oxygen atoms in total. The van der Waals surface area contributed by atoms with Crippen molar-refractivity contribution in [2.75, 3.05) is 0 Å². The maximum atomic E-state index is 12.7. The maximum Gasteiger partial charge on any atom is 0.213 e. The summed E-state index contributed by atoms with van der Waals surface area (Å²) in [6.07, 6.45) is 1.81. The number of para-hydroxylation sites is 1. The summed E-state index contributed by atoms with van der Waals surface area (Å²) in [5.74, 6) is 0.00232. The number of aromatic nitrogens is 2. The number of ketones is 1. The van der Waals surface area contributed by atoms with Crippen molar-refractivity contribution in [3.8, 4) is 11.3 Å². The summed E-state index contributed by atoms with van der Waals surface area (Å²) in [6.45, 7) is 0. The molecule has 0 saturated carbocycles. The number of carbonyl (C=O) groups excluding carboxylic acids is 1. The molecule has 21 heavy (non-hydrogen) atoms. The van der Waals surface area contributed by atoms with Crippen LogP contribution in [0, 0.1) is 0 Å². The summed E-state index contributed by atoms with van der Waals surface area (Å²) in [5, 5.41) is 6.87. The van der Waals surface area contributed by atoms with Crippen molar-refractivity contribution in [3.63, 3.8) is 0 Å². The first kappa shape index (κ1) is 11.1. The molecule has 0 bridgehead atoms. The lowest BCUT2D eigenvalue weighted by molar-refractivity contribution is 0.103. The van der Waals surface area contributed by atoms with Crippen molar-refractivity contribution in [1.82, 2.24) is 9.97 Å². The first-order valence-corrected chi connectivity index (χ1v) is 7.57. The minimum absolute atomic E-state index is 0.00232. The molecule has 4 aromatic rings. The average molecular weight is 288 g/mol. The fraction of sp³-hybridized carbons (Fsp3) is 0. The third-order valence-electron chi connectivity index (χ3n) is 3.99. The van der Waals surface area contributed by atoms with Gasteiger partial charge < -0.3 is 0 Å². The third kappa shape index (κ3) is 1.30. The van der Waals surface area contributed by atoms with Gasteiger partial charge in [-0.2, -0.15) is 11.3 Å². The van der Waals surface area contributed by atoms with E-state index in [0.29, 0.717) is 5.69 Å². The van der Waals surface area contributed by atoms with Gasteiger partial charge in [-0.1, -0.05) is 18.2 Å². The average Bonchev–Trinajstić information content (AvgIpc) is 3.02. The predicted molar refractivity (Wildman–Crippen MR) is 83.8 cm³/mol. The summed E-state index contributed by atoms with van der Waals surface area (Å²) in [5.41, 5.74) is 3.90. The van der Waals surface area contributed by atoms with Crippen molar-refractivity contribution in [3.05, 3.63) is 58.5 Å². The number of thiophene rings is 1. The van der Waals surface area contributed by atoms with E-state index in [0.717, 1.165) is 38.5 Å². The van der Waals surface area contributed by atoms with E-state index in [1.54, 1.807) is 0 Å². The maximum absolute atomic E-state index is 12.7. The Bertz CT molecular complexity index is 1060. The molecule has 5 rings (SSSR count). The highest BCUT2D eigenvalue weighted by Gasteiger charge is 2.28. The zero-order chi connectivity index (χ0) is 14.0.